The number of halogens is 1. The molecule has 0 aromatic heterocycles. The Labute approximate surface area is 95.0 Å². The molecule has 0 bridgehead atoms. The predicted octanol–water partition coefficient (Wildman–Crippen LogP) is 2.53. The lowest BCUT2D eigenvalue weighted by Gasteiger charge is -2.18. The van der Waals surface area contributed by atoms with Crippen LogP contribution in [0, 0.1) is 0 Å². The molecule has 0 saturated heterocycles. The first kappa shape index (κ1) is 12.1. The largest absolute Gasteiger partial charge is 0.489 e. The van der Waals surface area contributed by atoms with Crippen LogP contribution in [0.15, 0.2) is 18.2 Å². The number of benzene rings is 1. The molecule has 1 aromatic carbocycles. The molecular weight excluding hydrogens is 214 g/mol. The molecule has 2 N–H and O–H groups in total. The van der Waals surface area contributed by atoms with Crippen molar-refractivity contribution in [2.45, 2.75) is 19.4 Å². The van der Waals surface area contributed by atoms with E-state index in [0.717, 1.165) is 5.69 Å². The molecule has 0 spiro atoms. The van der Waals surface area contributed by atoms with Gasteiger partial charge in [-0.3, -0.25) is 0 Å². The standard InChI is InChI=1S/C11H16ClNO2/c1-11(2,14)7-15-10-6-8(13-3)4-5-9(10)12/h4-6,13-14H,7H2,1-3H3. The highest BCUT2D eigenvalue weighted by Gasteiger charge is 2.14. The van der Waals surface area contributed by atoms with Crippen LogP contribution >= 0.6 is 11.6 Å². The first-order valence-corrected chi connectivity index (χ1v) is 5.12. The van der Waals surface area contributed by atoms with Crippen molar-refractivity contribution < 1.29 is 9.84 Å². The Kier molecular flexibility index (Phi) is 3.83. The van der Waals surface area contributed by atoms with Crippen molar-refractivity contribution in [1.29, 1.82) is 0 Å². The minimum Gasteiger partial charge on any atom is -0.489 e. The van der Waals surface area contributed by atoms with Gasteiger partial charge in [-0.05, 0) is 26.0 Å². The van der Waals surface area contributed by atoms with Crippen molar-refractivity contribution in [2.24, 2.45) is 0 Å². The van der Waals surface area contributed by atoms with Crippen LogP contribution in [-0.2, 0) is 0 Å². The summed E-state index contributed by atoms with van der Waals surface area (Å²) < 4.78 is 5.42. The van der Waals surface area contributed by atoms with E-state index >= 15 is 0 Å². The van der Waals surface area contributed by atoms with Gasteiger partial charge in [0, 0.05) is 18.8 Å². The Hall–Kier alpha value is -0.930. The average Bonchev–Trinajstić information content (AvgIpc) is 2.15. The zero-order chi connectivity index (χ0) is 11.5. The molecule has 3 nitrogen and oxygen atoms in total. The smallest absolute Gasteiger partial charge is 0.140 e. The summed E-state index contributed by atoms with van der Waals surface area (Å²) in [7, 11) is 1.82. The maximum Gasteiger partial charge on any atom is 0.140 e. The van der Waals surface area contributed by atoms with Crippen LogP contribution in [0.1, 0.15) is 13.8 Å². The summed E-state index contributed by atoms with van der Waals surface area (Å²) in [6, 6.07) is 5.42. The van der Waals surface area contributed by atoms with E-state index in [-0.39, 0.29) is 6.61 Å². The molecule has 0 saturated carbocycles. The maximum atomic E-state index is 9.51. The highest BCUT2D eigenvalue weighted by molar-refractivity contribution is 6.32. The van der Waals surface area contributed by atoms with Crippen molar-refractivity contribution in [3.05, 3.63) is 23.2 Å². The number of hydrogen-bond acceptors (Lipinski definition) is 3. The summed E-state index contributed by atoms with van der Waals surface area (Å²) in [6.07, 6.45) is 0. The monoisotopic (exact) mass is 229 g/mol. The summed E-state index contributed by atoms with van der Waals surface area (Å²) in [4.78, 5) is 0. The third kappa shape index (κ3) is 3.98. The molecule has 0 radical (unpaired) electrons. The number of anilines is 1. The fourth-order valence-electron chi connectivity index (χ4n) is 1.02. The van der Waals surface area contributed by atoms with Gasteiger partial charge < -0.3 is 15.2 Å². The van der Waals surface area contributed by atoms with Crippen LogP contribution in [0.2, 0.25) is 5.02 Å². The lowest BCUT2D eigenvalue weighted by atomic mass is 10.2. The summed E-state index contributed by atoms with van der Waals surface area (Å²) in [5.74, 6) is 0.575. The van der Waals surface area contributed by atoms with Crippen molar-refractivity contribution in [2.75, 3.05) is 19.0 Å². The van der Waals surface area contributed by atoms with E-state index in [1.807, 2.05) is 13.1 Å². The molecule has 0 fully saturated rings. The lowest BCUT2D eigenvalue weighted by molar-refractivity contribution is 0.0285. The molecule has 4 heteroatoms. The van der Waals surface area contributed by atoms with Crippen molar-refractivity contribution in [3.63, 3.8) is 0 Å². The van der Waals surface area contributed by atoms with E-state index in [1.54, 1.807) is 26.0 Å². The van der Waals surface area contributed by atoms with Gasteiger partial charge in [0.25, 0.3) is 0 Å². The molecule has 0 aliphatic heterocycles. The van der Waals surface area contributed by atoms with Crippen molar-refractivity contribution in [3.8, 4) is 5.75 Å². The highest BCUT2D eigenvalue weighted by atomic mass is 35.5. The van der Waals surface area contributed by atoms with Gasteiger partial charge in [-0.1, -0.05) is 11.6 Å². The second kappa shape index (κ2) is 4.73. The SMILES string of the molecule is CNc1ccc(Cl)c(OCC(C)(C)O)c1. The molecule has 15 heavy (non-hydrogen) atoms. The van der Waals surface area contributed by atoms with E-state index in [9.17, 15) is 5.11 Å². The van der Waals surface area contributed by atoms with Crippen LogP contribution in [0.4, 0.5) is 5.69 Å². The molecule has 0 aliphatic rings. The second-order valence-corrected chi connectivity index (χ2v) is 4.40. The molecule has 0 heterocycles. The van der Waals surface area contributed by atoms with E-state index in [2.05, 4.69) is 5.32 Å². The van der Waals surface area contributed by atoms with Crippen molar-refractivity contribution >= 4 is 17.3 Å². The predicted molar refractivity (Wildman–Crippen MR) is 62.8 cm³/mol. The summed E-state index contributed by atoms with van der Waals surface area (Å²) >= 11 is 5.95. The number of hydrogen-bond donors (Lipinski definition) is 2. The van der Waals surface area contributed by atoms with Crippen LogP contribution in [0.5, 0.6) is 5.75 Å². The fraction of sp³-hybridized carbons (Fsp3) is 0.455. The number of rotatable bonds is 4. The first-order valence-electron chi connectivity index (χ1n) is 4.75. The third-order valence-electron chi connectivity index (χ3n) is 1.80. The van der Waals surface area contributed by atoms with Crippen LogP contribution in [0.25, 0.3) is 0 Å². The van der Waals surface area contributed by atoms with Gasteiger partial charge in [0.1, 0.15) is 12.4 Å². The quantitative estimate of drug-likeness (QED) is 0.834. The number of ether oxygens (including phenoxy) is 1. The highest BCUT2D eigenvalue weighted by Crippen LogP contribution is 2.28. The zero-order valence-corrected chi connectivity index (χ0v) is 9.93. The fourth-order valence-corrected chi connectivity index (χ4v) is 1.20. The van der Waals surface area contributed by atoms with E-state index in [1.165, 1.54) is 0 Å². The summed E-state index contributed by atoms with van der Waals surface area (Å²) in [5, 5.41) is 13.0. The second-order valence-electron chi connectivity index (χ2n) is 4.00. The Bertz CT molecular complexity index is 334. The molecule has 0 atom stereocenters. The van der Waals surface area contributed by atoms with E-state index in [4.69, 9.17) is 16.3 Å². The minimum absolute atomic E-state index is 0.208. The van der Waals surface area contributed by atoms with E-state index in [0.29, 0.717) is 10.8 Å². The van der Waals surface area contributed by atoms with Gasteiger partial charge in [-0.2, -0.15) is 0 Å². The molecular formula is C11H16ClNO2. The normalized spacial score (nSPS) is 11.3. The van der Waals surface area contributed by atoms with Gasteiger partial charge in [-0.15, -0.1) is 0 Å². The molecule has 1 aromatic rings. The molecule has 1 rings (SSSR count). The Morgan fingerprint density at radius 2 is 2.13 bits per heavy atom. The Balaban J connectivity index is 2.75. The van der Waals surface area contributed by atoms with Crippen molar-refractivity contribution in [1.82, 2.24) is 0 Å². The topological polar surface area (TPSA) is 41.5 Å². The lowest BCUT2D eigenvalue weighted by Crippen LogP contribution is -2.27. The van der Waals surface area contributed by atoms with Gasteiger partial charge in [0.05, 0.1) is 10.6 Å². The Morgan fingerprint density at radius 3 is 2.67 bits per heavy atom. The summed E-state index contributed by atoms with van der Waals surface area (Å²) in [5.41, 5.74) is 0.0593. The number of aliphatic hydroxyl groups is 1. The van der Waals surface area contributed by atoms with Gasteiger partial charge in [-0.25, -0.2) is 0 Å². The Morgan fingerprint density at radius 1 is 1.47 bits per heavy atom. The molecule has 0 amide bonds. The molecule has 0 aliphatic carbocycles. The van der Waals surface area contributed by atoms with Crippen LogP contribution in [0.3, 0.4) is 0 Å². The summed E-state index contributed by atoms with van der Waals surface area (Å²) in [6.45, 7) is 3.57. The van der Waals surface area contributed by atoms with Crippen LogP contribution in [-0.4, -0.2) is 24.4 Å². The van der Waals surface area contributed by atoms with E-state index < -0.39 is 5.60 Å². The molecule has 84 valence electrons. The first-order chi connectivity index (χ1) is 6.92. The minimum atomic E-state index is -0.862. The maximum absolute atomic E-state index is 9.51. The van der Waals surface area contributed by atoms with Gasteiger partial charge >= 0.3 is 0 Å². The van der Waals surface area contributed by atoms with Gasteiger partial charge in [0.2, 0.25) is 0 Å². The van der Waals surface area contributed by atoms with Gasteiger partial charge in [0.15, 0.2) is 0 Å². The third-order valence-corrected chi connectivity index (χ3v) is 2.11. The molecule has 0 unspecified atom stereocenters. The zero-order valence-electron chi connectivity index (χ0n) is 9.17. The van der Waals surface area contributed by atoms with Crippen LogP contribution < -0.4 is 10.1 Å². The average molecular weight is 230 g/mol. The number of nitrogens with one attached hydrogen (secondary N) is 1.